The minimum absolute atomic E-state index is 0.0433. The van der Waals surface area contributed by atoms with Gasteiger partial charge in [-0.1, -0.05) is 23.7 Å². The Labute approximate surface area is 100.0 Å². The molecular formula is C13H14ClNO. The molecule has 2 atom stereocenters. The van der Waals surface area contributed by atoms with E-state index in [1.807, 2.05) is 12.1 Å². The number of rotatable bonds is 1. The summed E-state index contributed by atoms with van der Waals surface area (Å²) in [6.45, 7) is 1.89. The number of carbonyl (C=O) groups is 1. The van der Waals surface area contributed by atoms with Crippen molar-refractivity contribution in [1.29, 1.82) is 0 Å². The van der Waals surface area contributed by atoms with E-state index in [1.54, 1.807) is 0 Å². The molecule has 1 aromatic carbocycles. The van der Waals surface area contributed by atoms with E-state index in [2.05, 4.69) is 17.4 Å². The zero-order chi connectivity index (χ0) is 11.2. The molecule has 1 aliphatic heterocycles. The van der Waals surface area contributed by atoms with E-state index in [-0.39, 0.29) is 5.41 Å². The fraction of sp³-hybridized carbons (Fsp3) is 0.462. The molecule has 2 fully saturated rings. The molecule has 3 rings (SSSR count). The van der Waals surface area contributed by atoms with Crippen LogP contribution in [0.3, 0.4) is 0 Å². The maximum Gasteiger partial charge on any atom is 0.134 e. The van der Waals surface area contributed by atoms with Crippen LogP contribution in [0.2, 0.25) is 5.02 Å². The van der Waals surface area contributed by atoms with Crippen LogP contribution in [0.15, 0.2) is 24.3 Å². The molecule has 0 spiro atoms. The minimum Gasteiger partial charge on any atom is -0.315 e. The molecule has 0 unspecified atom stereocenters. The Morgan fingerprint density at radius 2 is 2.06 bits per heavy atom. The Balaban J connectivity index is 2.03. The number of hydrogen-bond donors (Lipinski definition) is 1. The molecule has 3 heteroatoms. The molecule has 1 saturated carbocycles. The van der Waals surface area contributed by atoms with E-state index in [0.717, 1.165) is 24.5 Å². The molecule has 1 aliphatic carbocycles. The summed E-state index contributed by atoms with van der Waals surface area (Å²) in [4.78, 5) is 11.6. The maximum atomic E-state index is 11.6. The molecule has 84 valence electrons. The van der Waals surface area contributed by atoms with Crippen LogP contribution in [0.5, 0.6) is 0 Å². The number of hydrogen-bond acceptors (Lipinski definition) is 2. The Kier molecular flexibility index (Phi) is 2.30. The molecule has 1 heterocycles. The molecule has 1 aromatic rings. The first-order valence-electron chi connectivity index (χ1n) is 5.69. The average Bonchev–Trinajstić information content (AvgIpc) is 2.75. The number of Topliss-reactive ketones (excluding diaryl/α,β-unsaturated/α-hetero) is 1. The fourth-order valence-corrected chi connectivity index (χ4v) is 3.33. The summed E-state index contributed by atoms with van der Waals surface area (Å²) in [5.74, 6) is 0.877. The Morgan fingerprint density at radius 1 is 1.31 bits per heavy atom. The van der Waals surface area contributed by atoms with Gasteiger partial charge in [-0.25, -0.2) is 0 Å². The zero-order valence-corrected chi connectivity index (χ0v) is 9.76. The van der Waals surface area contributed by atoms with Crippen molar-refractivity contribution >= 4 is 17.4 Å². The molecule has 0 aromatic heterocycles. The van der Waals surface area contributed by atoms with E-state index in [4.69, 9.17) is 11.6 Å². The smallest absolute Gasteiger partial charge is 0.134 e. The number of benzene rings is 1. The van der Waals surface area contributed by atoms with Crippen molar-refractivity contribution in [2.24, 2.45) is 5.92 Å². The lowest BCUT2D eigenvalue weighted by Gasteiger charge is -2.28. The second kappa shape index (κ2) is 3.57. The van der Waals surface area contributed by atoms with Gasteiger partial charge in [0.25, 0.3) is 0 Å². The highest BCUT2D eigenvalue weighted by atomic mass is 35.5. The number of halogens is 1. The van der Waals surface area contributed by atoms with Crippen LogP contribution in [-0.2, 0) is 10.2 Å². The van der Waals surface area contributed by atoms with Gasteiger partial charge >= 0.3 is 0 Å². The molecule has 16 heavy (non-hydrogen) atoms. The van der Waals surface area contributed by atoms with Gasteiger partial charge in [0.1, 0.15) is 5.78 Å². The van der Waals surface area contributed by atoms with Gasteiger partial charge in [0.05, 0.1) is 0 Å². The minimum atomic E-state index is 0.0433. The molecule has 0 amide bonds. The quantitative estimate of drug-likeness (QED) is 0.808. The largest absolute Gasteiger partial charge is 0.315 e. The van der Waals surface area contributed by atoms with Gasteiger partial charge in [-0.05, 0) is 30.2 Å². The van der Waals surface area contributed by atoms with Crippen molar-refractivity contribution in [3.63, 3.8) is 0 Å². The van der Waals surface area contributed by atoms with Crippen molar-refractivity contribution in [1.82, 2.24) is 5.32 Å². The van der Waals surface area contributed by atoms with Gasteiger partial charge in [-0.3, -0.25) is 4.79 Å². The first-order valence-corrected chi connectivity index (χ1v) is 6.07. The van der Waals surface area contributed by atoms with Gasteiger partial charge in [0.2, 0.25) is 0 Å². The lowest BCUT2D eigenvalue weighted by Crippen LogP contribution is -2.31. The third-order valence-electron chi connectivity index (χ3n) is 4.02. The van der Waals surface area contributed by atoms with Crippen LogP contribution in [0, 0.1) is 5.92 Å². The van der Waals surface area contributed by atoms with Crippen LogP contribution in [-0.4, -0.2) is 18.9 Å². The van der Waals surface area contributed by atoms with Crippen molar-refractivity contribution in [2.75, 3.05) is 13.1 Å². The fourth-order valence-electron chi connectivity index (χ4n) is 3.20. The predicted octanol–water partition coefficient (Wildman–Crippen LogP) is 2.16. The lowest BCUT2D eigenvalue weighted by molar-refractivity contribution is -0.117. The van der Waals surface area contributed by atoms with Crippen molar-refractivity contribution in [2.45, 2.75) is 18.3 Å². The number of carbonyl (C=O) groups excluding carboxylic acids is 1. The van der Waals surface area contributed by atoms with Crippen molar-refractivity contribution in [3.8, 4) is 0 Å². The highest BCUT2D eigenvalue weighted by Crippen LogP contribution is 2.46. The first-order chi connectivity index (χ1) is 7.71. The van der Waals surface area contributed by atoms with E-state index in [0.29, 0.717) is 18.1 Å². The SMILES string of the molecule is O=C1C[C@@H]2CNC[C@]2(c2ccc(Cl)cc2)C1. The average molecular weight is 236 g/mol. The summed E-state index contributed by atoms with van der Waals surface area (Å²) >= 11 is 5.91. The van der Waals surface area contributed by atoms with Gasteiger partial charge < -0.3 is 5.32 Å². The Morgan fingerprint density at radius 3 is 2.81 bits per heavy atom. The van der Waals surface area contributed by atoms with Crippen molar-refractivity contribution in [3.05, 3.63) is 34.9 Å². The molecule has 1 N–H and O–H groups in total. The molecule has 0 radical (unpaired) electrons. The van der Waals surface area contributed by atoms with Crippen LogP contribution < -0.4 is 5.32 Å². The highest BCUT2D eigenvalue weighted by Gasteiger charge is 2.50. The van der Waals surface area contributed by atoms with Crippen LogP contribution >= 0.6 is 11.6 Å². The molecule has 1 saturated heterocycles. The van der Waals surface area contributed by atoms with E-state index in [1.165, 1.54) is 5.56 Å². The highest BCUT2D eigenvalue weighted by molar-refractivity contribution is 6.30. The molecule has 2 nitrogen and oxygen atoms in total. The van der Waals surface area contributed by atoms with Gasteiger partial charge in [-0.2, -0.15) is 0 Å². The molecule has 2 aliphatic rings. The van der Waals surface area contributed by atoms with Crippen LogP contribution in [0.4, 0.5) is 0 Å². The van der Waals surface area contributed by atoms with Gasteiger partial charge in [0.15, 0.2) is 0 Å². The summed E-state index contributed by atoms with van der Waals surface area (Å²) in [5.41, 5.74) is 1.31. The predicted molar refractivity (Wildman–Crippen MR) is 63.7 cm³/mol. The summed E-state index contributed by atoms with van der Waals surface area (Å²) in [7, 11) is 0. The van der Waals surface area contributed by atoms with E-state index >= 15 is 0 Å². The second-order valence-corrected chi connectivity index (χ2v) is 5.35. The summed E-state index contributed by atoms with van der Waals surface area (Å²) in [6.07, 6.45) is 1.42. The van der Waals surface area contributed by atoms with E-state index < -0.39 is 0 Å². The maximum absolute atomic E-state index is 11.6. The second-order valence-electron chi connectivity index (χ2n) is 4.91. The Hall–Kier alpha value is -0.860. The zero-order valence-electron chi connectivity index (χ0n) is 9.00. The third kappa shape index (κ3) is 1.40. The normalized spacial score (nSPS) is 33.1. The summed E-state index contributed by atoms with van der Waals surface area (Å²) in [5, 5.41) is 4.17. The molecule has 0 bridgehead atoms. The topological polar surface area (TPSA) is 29.1 Å². The van der Waals surface area contributed by atoms with Crippen molar-refractivity contribution < 1.29 is 4.79 Å². The number of fused-ring (bicyclic) bond motifs is 1. The monoisotopic (exact) mass is 235 g/mol. The van der Waals surface area contributed by atoms with E-state index in [9.17, 15) is 4.79 Å². The van der Waals surface area contributed by atoms with Gasteiger partial charge in [-0.15, -0.1) is 0 Å². The Bertz CT molecular complexity index is 428. The van der Waals surface area contributed by atoms with Gasteiger partial charge in [0, 0.05) is 29.8 Å². The van der Waals surface area contributed by atoms with Crippen LogP contribution in [0.1, 0.15) is 18.4 Å². The summed E-state index contributed by atoms with van der Waals surface area (Å²) in [6, 6.07) is 7.98. The summed E-state index contributed by atoms with van der Waals surface area (Å²) < 4.78 is 0. The first kappa shape index (κ1) is 10.3. The molecular weight excluding hydrogens is 222 g/mol. The number of ketones is 1. The van der Waals surface area contributed by atoms with Crippen LogP contribution in [0.25, 0.3) is 0 Å². The standard InChI is InChI=1S/C13H14ClNO/c14-11-3-1-9(2-4-11)13-6-12(16)5-10(13)7-15-8-13/h1-4,10,15H,5-8H2/t10-,13+/m1/s1. The lowest BCUT2D eigenvalue weighted by atomic mass is 9.75. The number of nitrogens with one attached hydrogen (secondary N) is 1. The third-order valence-corrected chi connectivity index (χ3v) is 4.27.